The molecule has 0 N–H and O–H groups in total. The van der Waals surface area contributed by atoms with Gasteiger partial charge in [-0.25, -0.2) is 9.97 Å². The van der Waals surface area contributed by atoms with Gasteiger partial charge in [0, 0.05) is 18.0 Å². The zero-order chi connectivity index (χ0) is 13.8. The van der Waals surface area contributed by atoms with Crippen LogP contribution in [-0.4, -0.2) is 17.1 Å². The van der Waals surface area contributed by atoms with Gasteiger partial charge in [-0.3, -0.25) is 0 Å². The van der Waals surface area contributed by atoms with E-state index in [4.69, 9.17) is 4.74 Å². The van der Waals surface area contributed by atoms with E-state index in [2.05, 4.69) is 34.2 Å². The van der Waals surface area contributed by atoms with Gasteiger partial charge in [0.05, 0.1) is 7.11 Å². The van der Waals surface area contributed by atoms with E-state index in [1.165, 1.54) is 0 Å². The summed E-state index contributed by atoms with van der Waals surface area (Å²) in [5.41, 5.74) is 4.44. The summed E-state index contributed by atoms with van der Waals surface area (Å²) in [5.74, 6) is 0.856. The molecule has 0 aliphatic carbocycles. The molecule has 0 saturated carbocycles. The van der Waals surface area contributed by atoms with Crippen molar-refractivity contribution in [2.75, 3.05) is 7.11 Å². The van der Waals surface area contributed by atoms with Crippen LogP contribution in [0, 0.1) is 0 Å². The summed E-state index contributed by atoms with van der Waals surface area (Å²) >= 11 is 0. The second-order valence-electron chi connectivity index (χ2n) is 4.40. The largest absolute Gasteiger partial charge is 0.497 e. The summed E-state index contributed by atoms with van der Waals surface area (Å²) in [6.07, 6.45) is 5.20. The minimum atomic E-state index is 0.856. The lowest BCUT2D eigenvalue weighted by Crippen LogP contribution is -1.87. The van der Waals surface area contributed by atoms with Gasteiger partial charge < -0.3 is 4.74 Å². The first-order valence-corrected chi connectivity index (χ1v) is 6.37. The van der Waals surface area contributed by atoms with Crippen LogP contribution in [0.25, 0.3) is 22.3 Å². The van der Waals surface area contributed by atoms with Crippen molar-refractivity contribution in [2.45, 2.75) is 0 Å². The highest BCUT2D eigenvalue weighted by atomic mass is 16.5. The molecule has 1 heterocycles. The van der Waals surface area contributed by atoms with E-state index in [-0.39, 0.29) is 0 Å². The molecule has 0 atom stereocenters. The van der Waals surface area contributed by atoms with Crippen LogP contribution in [0.1, 0.15) is 0 Å². The fraction of sp³-hybridized carbons (Fsp3) is 0.0588. The SMILES string of the molecule is COc1ccc(-c2ccccc2-c2cncnc2)cc1. The van der Waals surface area contributed by atoms with Crippen molar-refractivity contribution in [3.05, 3.63) is 67.3 Å². The fourth-order valence-electron chi connectivity index (χ4n) is 2.20. The molecular weight excluding hydrogens is 248 g/mol. The first-order chi connectivity index (χ1) is 9.88. The topological polar surface area (TPSA) is 35.0 Å². The molecule has 0 radical (unpaired) electrons. The molecule has 3 nitrogen and oxygen atoms in total. The summed E-state index contributed by atoms with van der Waals surface area (Å²) in [7, 11) is 1.67. The average Bonchev–Trinajstić information content (AvgIpc) is 2.56. The summed E-state index contributed by atoms with van der Waals surface area (Å²) in [6.45, 7) is 0. The standard InChI is InChI=1S/C17H14N2O/c1-20-15-8-6-13(7-9-15)16-4-2-3-5-17(16)14-10-18-12-19-11-14/h2-12H,1H3. The van der Waals surface area contributed by atoms with Gasteiger partial charge in [0.25, 0.3) is 0 Å². The molecule has 3 heteroatoms. The van der Waals surface area contributed by atoms with Crippen molar-refractivity contribution in [3.8, 4) is 28.0 Å². The Labute approximate surface area is 117 Å². The van der Waals surface area contributed by atoms with Crippen molar-refractivity contribution in [1.82, 2.24) is 9.97 Å². The first kappa shape index (κ1) is 12.4. The van der Waals surface area contributed by atoms with Crippen LogP contribution < -0.4 is 4.74 Å². The highest BCUT2D eigenvalue weighted by Crippen LogP contribution is 2.31. The van der Waals surface area contributed by atoms with Crippen molar-refractivity contribution in [1.29, 1.82) is 0 Å². The minimum Gasteiger partial charge on any atom is -0.497 e. The Morgan fingerprint density at radius 2 is 1.35 bits per heavy atom. The number of methoxy groups -OCH3 is 1. The highest BCUT2D eigenvalue weighted by molar-refractivity contribution is 5.82. The van der Waals surface area contributed by atoms with Gasteiger partial charge in [0.1, 0.15) is 12.1 Å². The van der Waals surface area contributed by atoms with Gasteiger partial charge in [-0.15, -0.1) is 0 Å². The molecule has 0 unspecified atom stereocenters. The quantitative estimate of drug-likeness (QED) is 0.719. The number of ether oxygens (including phenoxy) is 1. The third kappa shape index (κ3) is 2.38. The monoisotopic (exact) mass is 262 g/mol. The molecule has 0 aliphatic heterocycles. The second kappa shape index (κ2) is 5.53. The van der Waals surface area contributed by atoms with Crippen LogP contribution in [0.15, 0.2) is 67.3 Å². The Morgan fingerprint density at radius 1 is 0.750 bits per heavy atom. The Hall–Kier alpha value is -2.68. The summed E-state index contributed by atoms with van der Waals surface area (Å²) in [6, 6.07) is 16.3. The average molecular weight is 262 g/mol. The predicted octanol–water partition coefficient (Wildman–Crippen LogP) is 3.82. The Bertz CT molecular complexity index is 694. The lowest BCUT2D eigenvalue weighted by molar-refractivity contribution is 0.415. The molecule has 0 spiro atoms. The summed E-state index contributed by atoms with van der Waals surface area (Å²) in [4.78, 5) is 8.18. The number of hydrogen-bond acceptors (Lipinski definition) is 3. The van der Waals surface area contributed by atoms with Crippen LogP contribution in [0.2, 0.25) is 0 Å². The molecule has 20 heavy (non-hydrogen) atoms. The van der Waals surface area contributed by atoms with Crippen molar-refractivity contribution in [2.24, 2.45) is 0 Å². The van der Waals surface area contributed by atoms with Crippen LogP contribution in [0.5, 0.6) is 5.75 Å². The molecule has 98 valence electrons. The van der Waals surface area contributed by atoms with Crippen molar-refractivity contribution < 1.29 is 4.74 Å². The molecule has 0 saturated heterocycles. The van der Waals surface area contributed by atoms with E-state index in [0.717, 1.165) is 28.0 Å². The van der Waals surface area contributed by atoms with E-state index in [1.807, 2.05) is 36.7 Å². The lowest BCUT2D eigenvalue weighted by atomic mass is 9.96. The van der Waals surface area contributed by atoms with E-state index in [9.17, 15) is 0 Å². The van der Waals surface area contributed by atoms with E-state index < -0.39 is 0 Å². The number of hydrogen-bond donors (Lipinski definition) is 0. The maximum absolute atomic E-state index is 5.20. The Balaban J connectivity index is 2.10. The lowest BCUT2D eigenvalue weighted by Gasteiger charge is -2.10. The first-order valence-electron chi connectivity index (χ1n) is 6.37. The molecule has 3 aromatic rings. The maximum Gasteiger partial charge on any atom is 0.118 e. The van der Waals surface area contributed by atoms with Crippen LogP contribution >= 0.6 is 0 Å². The van der Waals surface area contributed by atoms with E-state index in [0.29, 0.717) is 0 Å². The summed E-state index contributed by atoms with van der Waals surface area (Å²) < 4.78 is 5.20. The van der Waals surface area contributed by atoms with Gasteiger partial charge in [-0.05, 0) is 28.8 Å². The molecule has 2 aromatic carbocycles. The zero-order valence-corrected chi connectivity index (χ0v) is 11.2. The molecule has 0 fully saturated rings. The van der Waals surface area contributed by atoms with Crippen molar-refractivity contribution in [3.63, 3.8) is 0 Å². The number of aromatic nitrogens is 2. The maximum atomic E-state index is 5.20. The molecule has 0 aliphatic rings. The van der Waals surface area contributed by atoms with Gasteiger partial charge in [-0.2, -0.15) is 0 Å². The van der Waals surface area contributed by atoms with Gasteiger partial charge in [0.2, 0.25) is 0 Å². The second-order valence-corrected chi connectivity index (χ2v) is 4.40. The molecule has 1 aromatic heterocycles. The Kier molecular flexibility index (Phi) is 3.42. The van der Waals surface area contributed by atoms with Crippen LogP contribution in [0.3, 0.4) is 0 Å². The highest BCUT2D eigenvalue weighted by Gasteiger charge is 2.07. The number of nitrogens with zero attached hydrogens (tertiary/aromatic N) is 2. The third-order valence-corrected chi connectivity index (χ3v) is 3.20. The van der Waals surface area contributed by atoms with Gasteiger partial charge in [0.15, 0.2) is 0 Å². The van der Waals surface area contributed by atoms with Crippen molar-refractivity contribution >= 4 is 0 Å². The summed E-state index contributed by atoms with van der Waals surface area (Å²) in [5, 5.41) is 0. The molecular formula is C17H14N2O. The normalized spacial score (nSPS) is 10.2. The minimum absolute atomic E-state index is 0.856. The Morgan fingerprint density at radius 3 is 1.95 bits per heavy atom. The smallest absolute Gasteiger partial charge is 0.118 e. The van der Waals surface area contributed by atoms with E-state index >= 15 is 0 Å². The number of rotatable bonds is 3. The third-order valence-electron chi connectivity index (χ3n) is 3.20. The fourth-order valence-corrected chi connectivity index (χ4v) is 2.20. The number of benzene rings is 2. The molecule has 0 bridgehead atoms. The van der Waals surface area contributed by atoms with Crippen LogP contribution in [-0.2, 0) is 0 Å². The predicted molar refractivity (Wildman–Crippen MR) is 79.5 cm³/mol. The van der Waals surface area contributed by atoms with E-state index in [1.54, 1.807) is 13.4 Å². The molecule has 3 rings (SSSR count). The zero-order valence-electron chi connectivity index (χ0n) is 11.2. The van der Waals surface area contributed by atoms with Crippen LogP contribution in [0.4, 0.5) is 0 Å². The van der Waals surface area contributed by atoms with Gasteiger partial charge in [-0.1, -0.05) is 36.4 Å². The van der Waals surface area contributed by atoms with Gasteiger partial charge >= 0.3 is 0 Å². The molecule has 0 amide bonds.